The predicted octanol–water partition coefficient (Wildman–Crippen LogP) is 3.93. The molecule has 0 aliphatic carbocycles. The van der Waals surface area contributed by atoms with Gasteiger partial charge in [0.15, 0.2) is 0 Å². The van der Waals surface area contributed by atoms with E-state index < -0.39 is 4.92 Å². The molecule has 0 radical (unpaired) electrons. The van der Waals surface area contributed by atoms with Gasteiger partial charge in [0, 0.05) is 43.3 Å². The van der Waals surface area contributed by atoms with Crippen LogP contribution in [0.15, 0.2) is 61.1 Å². The van der Waals surface area contributed by atoms with Crippen molar-refractivity contribution >= 4 is 34.7 Å². The maximum Gasteiger partial charge on any atom is 0.289 e. The number of amides is 1. The summed E-state index contributed by atoms with van der Waals surface area (Å²) >= 11 is 6.02. The number of benzene rings is 1. The van der Waals surface area contributed by atoms with E-state index in [4.69, 9.17) is 11.6 Å². The van der Waals surface area contributed by atoms with Crippen LogP contribution < -0.4 is 10.2 Å². The fourth-order valence-corrected chi connectivity index (χ4v) is 2.71. The lowest BCUT2D eigenvalue weighted by Crippen LogP contribution is -2.26. The lowest BCUT2D eigenvalue weighted by atomic mass is 10.1. The molecule has 0 unspecified atom stereocenters. The normalized spacial score (nSPS) is 10.4. The van der Waals surface area contributed by atoms with Crippen molar-refractivity contribution in [1.29, 1.82) is 0 Å². The Hall–Kier alpha value is -3.52. The van der Waals surface area contributed by atoms with E-state index >= 15 is 0 Å². The SMILES string of the molecule is CN(C(=O)c1ccncc1)c1ccc(CNc2ncc([N+](=O)[O-])cc2Cl)cc1. The van der Waals surface area contributed by atoms with Crippen molar-refractivity contribution in [2.45, 2.75) is 6.54 Å². The molecule has 28 heavy (non-hydrogen) atoms. The van der Waals surface area contributed by atoms with E-state index in [1.165, 1.54) is 6.07 Å². The van der Waals surface area contributed by atoms with Crippen LogP contribution in [0, 0.1) is 10.1 Å². The van der Waals surface area contributed by atoms with Gasteiger partial charge in [0.1, 0.15) is 12.0 Å². The molecule has 3 aromatic rings. The molecule has 0 spiro atoms. The van der Waals surface area contributed by atoms with E-state index in [0.717, 1.165) is 17.4 Å². The minimum Gasteiger partial charge on any atom is -0.365 e. The first kappa shape index (κ1) is 19.2. The number of pyridine rings is 2. The van der Waals surface area contributed by atoms with Crippen molar-refractivity contribution in [3.63, 3.8) is 0 Å². The number of carbonyl (C=O) groups is 1. The minimum atomic E-state index is -0.550. The second kappa shape index (κ2) is 8.45. The van der Waals surface area contributed by atoms with Crippen LogP contribution in [0.1, 0.15) is 15.9 Å². The average Bonchev–Trinajstić information content (AvgIpc) is 2.72. The number of aromatic nitrogens is 2. The molecular formula is C19H16ClN5O3. The van der Waals surface area contributed by atoms with Crippen molar-refractivity contribution in [3.05, 3.63) is 87.3 Å². The summed E-state index contributed by atoms with van der Waals surface area (Å²) in [5.41, 5.74) is 2.07. The molecule has 142 valence electrons. The molecule has 0 atom stereocenters. The third-order valence-electron chi connectivity index (χ3n) is 4.05. The Labute approximate surface area is 166 Å². The first-order chi connectivity index (χ1) is 13.5. The zero-order chi connectivity index (χ0) is 20.1. The van der Waals surface area contributed by atoms with Gasteiger partial charge in [0.2, 0.25) is 0 Å². The van der Waals surface area contributed by atoms with Crippen molar-refractivity contribution in [2.24, 2.45) is 0 Å². The van der Waals surface area contributed by atoms with Gasteiger partial charge in [-0.1, -0.05) is 23.7 Å². The highest BCUT2D eigenvalue weighted by Crippen LogP contribution is 2.24. The van der Waals surface area contributed by atoms with E-state index in [0.29, 0.717) is 17.9 Å². The minimum absolute atomic E-state index is 0.130. The summed E-state index contributed by atoms with van der Waals surface area (Å²) in [6.45, 7) is 0.423. The van der Waals surface area contributed by atoms with Crippen LogP contribution in [-0.4, -0.2) is 27.8 Å². The first-order valence-corrected chi connectivity index (χ1v) is 8.64. The van der Waals surface area contributed by atoms with Crippen LogP contribution in [0.4, 0.5) is 17.2 Å². The molecule has 2 heterocycles. The topological polar surface area (TPSA) is 101 Å². The molecule has 1 amide bonds. The first-order valence-electron chi connectivity index (χ1n) is 8.26. The Balaban J connectivity index is 1.65. The Morgan fingerprint density at radius 3 is 2.50 bits per heavy atom. The Bertz CT molecular complexity index is 996. The number of nitro groups is 1. The predicted molar refractivity (Wildman–Crippen MR) is 107 cm³/mol. The van der Waals surface area contributed by atoms with Gasteiger partial charge < -0.3 is 10.2 Å². The number of nitrogens with one attached hydrogen (secondary N) is 1. The lowest BCUT2D eigenvalue weighted by Gasteiger charge is -2.18. The van der Waals surface area contributed by atoms with Gasteiger partial charge in [-0.05, 0) is 29.8 Å². The second-order valence-corrected chi connectivity index (χ2v) is 6.31. The van der Waals surface area contributed by atoms with Gasteiger partial charge in [-0.15, -0.1) is 0 Å². The van der Waals surface area contributed by atoms with E-state index in [2.05, 4.69) is 15.3 Å². The summed E-state index contributed by atoms with van der Waals surface area (Å²) in [6.07, 6.45) is 4.30. The molecule has 0 aliphatic rings. The average molecular weight is 398 g/mol. The molecule has 1 N–H and O–H groups in total. The summed E-state index contributed by atoms with van der Waals surface area (Å²) < 4.78 is 0. The van der Waals surface area contributed by atoms with Crippen LogP contribution >= 0.6 is 11.6 Å². The summed E-state index contributed by atoms with van der Waals surface area (Å²) in [4.78, 5) is 32.1. The number of hydrogen-bond acceptors (Lipinski definition) is 6. The van der Waals surface area contributed by atoms with Gasteiger partial charge in [-0.3, -0.25) is 19.9 Å². The molecule has 0 saturated heterocycles. The number of carbonyl (C=O) groups excluding carboxylic acids is 1. The fraction of sp³-hybridized carbons (Fsp3) is 0.105. The smallest absolute Gasteiger partial charge is 0.289 e. The summed E-state index contributed by atoms with van der Waals surface area (Å²) in [5.74, 6) is 0.233. The van der Waals surface area contributed by atoms with Crippen LogP contribution in [0.2, 0.25) is 5.02 Å². The number of rotatable bonds is 6. The third-order valence-corrected chi connectivity index (χ3v) is 4.34. The fourth-order valence-electron chi connectivity index (χ4n) is 2.49. The van der Waals surface area contributed by atoms with Gasteiger partial charge in [0.05, 0.1) is 9.95 Å². The van der Waals surface area contributed by atoms with Crippen LogP contribution in [0.3, 0.4) is 0 Å². The highest BCUT2D eigenvalue weighted by molar-refractivity contribution is 6.33. The van der Waals surface area contributed by atoms with Crippen molar-refractivity contribution < 1.29 is 9.72 Å². The zero-order valence-corrected chi connectivity index (χ0v) is 15.6. The quantitative estimate of drug-likeness (QED) is 0.499. The van der Waals surface area contributed by atoms with E-state index in [1.54, 1.807) is 36.5 Å². The Morgan fingerprint density at radius 1 is 1.21 bits per heavy atom. The molecule has 0 fully saturated rings. The summed E-state index contributed by atoms with van der Waals surface area (Å²) in [7, 11) is 1.70. The monoisotopic (exact) mass is 397 g/mol. The van der Waals surface area contributed by atoms with Crippen molar-refractivity contribution in [1.82, 2.24) is 9.97 Å². The highest BCUT2D eigenvalue weighted by Gasteiger charge is 2.13. The Kier molecular flexibility index (Phi) is 5.81. The van der Waals surface area contributed by atoms with Crippen molar-refractivity contribution in [2.75, 3.05) is 17.3 Å². The molecule has 0 aliphatic heterocycles. The molecule has 0 bridgehead atoms. The molecular weight excluding hydrogens is 382 g/mol. The van der Waals surface area contributed by atoms with Gasteiger partial charge in [-0.25, -0.2) is 4.98 Å². The molecule has 3 rings (SSSR count). The van der Waals surface area contributed by atoms with E-state index in [-0.39, 0.29) is 16.6 Å². The van der Waals surface area contributed by atoms with E-state index in [9.17, 15) is 14.9 Å². The lowest BCUT2D eigenvalue weighted by molar-refractivity contribution is -0.385. The van der Waals surface area contributed by atoms with Gasteiger partial charge >= 0.3 is 0 Å². The van der Waals surface area contributed by atoms with Gasteiger partial charge in [-0.2, -0.15) is 0 Å². The molecule has 0 saturated carbocycles. The molecule has 9 heteroatoms. The summed E-state index contributed by atoms with van der Waals surface area (Å²) in [5, 5.41) is 13.9. The van der Waals surface area contributed by atoms with Crippen molar-refractivity contribution in [3.8, 4) is 0 Å². The standard InChI is InChI=1S/C19H16ClN5O3/c1-24(19(26)14-6-8-21-9-7-14)15-4-2-13(3-5-15)11-22-18-17(20)10-16(12-23-18)25(27)28/h2-10,12H,11H2,1H3,(H,22,23). The molecule has 2 aromatic heterocycles. The Morgan fingerprint density at radius 2 is 1.89 bits per heavy atom. The summed E-state index contributed by atoms with van der Waals surface area (Å²) in [6, 6.07) is 12.0. The van der Waals surface area contributed by atoms with Crippen LogP contribution in [-0.2, 0) is 6.54 Å². The van der Waals surface area contributed by atoms with Gasteiger partial charge in [0.25, 0.3) is 11.6 Å². The molecule has 1 aromatic carbocycles. The second-order valence-electron chi connectivity index (χ2n) is 5.90. The zero-order valence-electron chi connectivity index (χ0n) is 14.9. The number of hydrogen-bond donors (Lipinski definition) is 1. The maximum absolute atomic E-state index is 12.5. The van der Waals surface area contributed by atoms with E-state index in [1.807, 2.05) is 24.3 Å². The van der Waals surface area contributed by atoms with Crippen LogP contribution in [0.5, 0.6) is 0 Å². The largest absolute Gasteiger partial charge is 0.365 e. The third kappa shape index (κ3) is 4.41. The number of nitrogens with zero attached hydrogens (tertiary/aromatic N) is 4. The maximum atomic E-state index is 12.5. The van der Waals surface area contributed by atoms with Crippen LogP contribution in [0.25, 0.3) is 0 Å². The molecule has 8 nitrogen and oxygen atoms in total. The highest BCUT2D eigenvalue weighted by atomic mass is 35.5. The number of halogens is 1. The number of anilines is 2.